The second-order valence-electron chi connectivity index (χ2n) is 4.95. The Morgan fingerprint density at radius 3 is 1.37 bits per heavy atom. The summed E-state index contributed by atoms with van der Waals surface area (Å²) < 4.78 is 18.9. The van der Waals surface area contributed by atoms with Crippen molar-refractivity contribution in [2.75, 3.05) is 0 Å². The molecule has 0 aliphatic rings. The van der Waals surface area contributed by atoms with Gasteiger partial charge in [0.05, 0.1) is 0 Å². The summed E-state index contributed by atoms with van der Waals surface area (Å²) in [5.41, 5.74) is 0. The average Bonchev–Trinajstić information content (AvgIpc) is 2.27. The third-order valence-electron chi connectivity index (χ3n) is 2.14. The maximum Gasteiger partial charge on any atom is 0.505 e. The highest BCUT2D eigenvalue weighted by atomic mass is 28.5. The average molecular weight is 328 g/mol. The maximum absolute atomic E-state index is 6.29. The molecule has 0 bridgehead atoms. The van der Waals surface area contributed by atoms with Crippen molar-refractivity contribution in [1.29, 1.82) is 0 Å². The fourth-order valence-electron chi connectivity index (χ4n) is 1.69. The first kappa shape index (κ1) is 17.0. The van der Waals surface area contributed by atoms with Crippen molar-refractivity contribution in [2.45, 2.75) is 39.3 Å². The first-order chi connectivity index (χ1) is 8.85. The van der Waals surface area contributed by atoms with Gasteiger partial charge in [-0.2, -0.15) is 0 Å². The Kier molecular flexibility index (Phi) is 6.87. The molecule has 19 heavy (non-hydrogen) atoms. The SMILES string of the molecule is C[Si](C)O[Si](O[Si](C)C)(O[Si](C)C)c1ccccc1. The van der Waals surface area contributed by atoms with Crippen molar-refractivity contribution in [3.63, 3.8) is 0 Å². The van der Waals surface area contributed by atoms with E-state index in [4.69, 9.17) is 12.3 Å². The van der Waals surface area contributed by atoms with Gasteiger partial charge in [0.2, 0.25) is 0 Å². The van der Waals surface area contributed by atoms with Crippen LogP contribution in [-0.2, 0) is 12.3 Å². The molecule has 0 aromatic heterocycles. The van der Waals surface area contributed by atoms with Gasteiger partial charge in [0.15, 0.2) is 27.1 Å². The Labute approximate surface area is 123 Å². The number of rotatable bonds is 7. The fourth-order valence-corrected chi connectivity index (χ4v) is 11.8. The van der Waals surface area contributed by atoms with E-state index in [0.717, 1.165) is 5.19 Å². The highest BCUT2D eigenvalue weighted by Gasteiger charge is 2.45. The molecule has 105 valence electrons. The molecule has 1 aromatic rings. The topological polar surface area (TPSA) is 27.7 Å². The molecule has 3 nitrogen and oxygen atoms in total. The lowest BCUT2D eigenvalue weighted by atomic mass is 10.4. The molecule has 1 aromatic carbocycles. The molecule has 3 radical (unpaired) electrons. The Bertz CT molecular complexity index is 344. The summed E-state index contributed by atoms with van der Waals surface area (Å²) in [7, 11) is -5.38. The molecule has 0 heterocycles. The van der Waals surface area contributed by atoms with Crippen LogP contribution in [0.15, 0.2) is 30.3 Å². The smallest absolute Gasteiger partial charge is 0.413 e. The van der Waals surface area contributed by atoms with Crippen LogP contribution in [0.5, 0.6) is 0 Å². The van der Waals surface area contributed by atoms with Crippen molar-refractivity contribution < 1.29 is 12.3 Å². The molecule has 0 aliphatic carbocycles. The van der Waals surface area contributed by atoms with Crippen LogP contribution in [0.2, 0.25) is 39.3 Å². The largest absolute Gasteiger partial charge is 0.505 e. The van der Waals surface area contributed by atoms with Crippen LogP contribution in [0.3, 0.4) is 0 Å². The van der Waals surface area contributed by atoms with E-state index >= 15 is 0 Å². The van der Waals surface area contributed by atoms with E-state index in [9.17, 15) is 0 Å². The Morgan fingerprint density at radius 2 is 1.05 bits per heavy atom. The first-order valence-corrected chi connectivity index (χ1v) is 15.3. The van der Waals surface area contributed by atoms with Crippen LogP contribution in [0.25, 0.3) is 0 Å². The third-order valence-corrected chi connectivity index (χ3v) is 11.3. The van der Waals surface area contributed by atoms with E-state index in [1.54, 1.807) is 0 Å². The standard InChI is InChI=1S/C12H23O3Si4/c1-16(2)13-19(14-17(3)4,15-18(5)6)12-10-8-7-9-11-12/h7-11H,1-6H3. The Hall–Kier alpha value is -0.0325. The van der Waals surface area contributed by atoms with Crippen molar-refractivity contribution in [2.24, 2.45) is 0 Å². The van der Waals surface area contributed by atoms with E-state index in [2.05, 4.69) is 51.4 Å². The molecule has 0 unspecified atom stereocenters. The number of benzene rings is 1. The zero-order valence-electron chi connectivity index (χ0n) is 12.6. The summed E-state index contributed by atoms with van der Waals surface area (Å²) in [5.74, 6) is 0. The van der Waals surface area contributed by atoms with Crippen LogP contribution in [0.1, 0.15) is 0 Å². The molecule has 0 amide bonds. The molecule has 0 fully saturated rings. The summed E-state index contributed by atoms with van der Waals surface area (Å²) >= 11 is 0. The van der Waals surface area contributed by atoms with Gasteiger partial charge in [-0.05, 0) is 39.3 Å². The summed E-state index contributed by atoms with van der Waals surface area (Å²) in [4.78, 5) is 0. The Balaban J connectivity index is 3.16. The van der Waals surface area contributed by atoms with Crippen LogP contribution >= 0.6 is 0 Å². The van der Waals surface area contributed by atoms with Gasteiger partial charge in [0, 0.05) is 5.19 Å². The zero-order valence-corrected chi connectivity index (χ0v) is 16.6. The molecule has 0 N–H and O–H groups in total. The predicted molar refractivity (Wildman–Crippen MR) is 87.5 cm³/mol. The summed E-state index contributed by atoms with van der Waals surface area (Å²) in [6, 6.07) is 10.2. The van der Waals surface area contributed by atoms with Crippen molar-refractivity contribution >= 4 is 41.1 Å². The minimum absolute atomic E-state index is 0.884. The first-order valence-electron chi connectivity index (χ1n) is 6.39. The maximum atomic E-state index is 6.29. The summed E-state index contributed by atoms with van der Waals surface area (Å²) in [5, 5.41) is 1.10. The second-order valence-corrected chi connectivity index (χ2v) is 14.5. The van der Waals surface area contributed by atoms with Gasteiger partial charge in [-0.25, -0.2) is 0 Å². The fraction of sp³-hybridized carbons (Fsp3) is 0.500. The van der Waals surface area contributed by atoms with E-state index < -0.39 is 35.9 Å². The molecular weight excluding hydrogens is 304 g/mol. The molecule has 0 saturated carbocycles. The molecule has 0 aliphatic heterocycles. The van der Waals surface area contributed by atoms with E-state index in [-0.39, 0.29) is 0 Å². The predicted octanol–water partition coefficient (Wildman–Crippen LogP) is 2.64. The minimum Gasteiger partial charge on any atom is -0.413 e. The lowest BCUT2D eigenvalue weighted by molar-refractivity contribution is 0.290. The van der Waals surface area contributed by atoms with Crippen LogP contribution in [0, 0.1) is 0 Å². The molecule has 0 saturated heterocycles. The zero-order chi connectivity index (χ0) is 14.5. The van der Waals surface area contributed by atoms with E-state index in [0.29, 0.717) is 0 Å². The van der Waals surface area contributed by atoms with Gasteiger partial charge in [0.25, 0.3) is 0 Å². The highest BCUT2D eigenvalue weighted by molar-refractivity contribution is 6.88. The minimum atomic E-state index is -2.73. The van der Waals surface area contributed by atoms with Gasteiger partial charge >= 0.3 is 8.80 Å². The summed E-state index contributed by atoms with van der Waals surface area (Å²) in [6.45, 7) is 12.8. The molecule has 0 atom stereocenters. The number of hydrogen-bond donors (Lipinski definition) is 0. The van der Waals surface area contributed by atoms with Crippen LogP contribution < -0.4 is 5.19 Å². The monoisotopic (exact) mass is 327 g/mol. The van der Waals surface area contributed by atoms with Crippen LogP contribution in [-0.4, -0.2) is 35.9 Å². The second kappa shape index (κ2) is 7.67. The van der Waals surface area contributed by atoms with Gasteiger partial charge < -0.3 is 12.3 Å². The molecule has 7 heteroatoms. The normalized spacial score (nSPS) is 12.7. The lowest BCUT2D eigenvalue weighted by Crippen LogP contribution is -2.61. The van der Waals surface area contributed by atoms with Gasteiger partial charge in [-0.1, -0.05) is 30.3 Å². The van der Waals surface area contributed by atoms with E-state index in [1.165, 1.54) is 0 Å². The van der Waals surface area contributed by atoms with Crippen LogP contribution in [0.4, 0.5) is 0 Å². The van der Waals surface area contributed by atoms with Gasteiger partial charge in [-0.3, -0.25) is 0 Å². The summed E-state index contributed by atoms with van der Waals surface area (Å²) in [6.07, 6.45) is 0. The lowest BCUT2D eigenvalue weighted by Gasteiger charge is -2.34. The molecule has 0 spiro atoms. The van der Waals surface area contributed by atoms with Crippen molar-refractivity contribution in [3.05, 3.63) is 30.3 Å². The molecular formula is C12H23O3Si4. The highest BCUT2D eigenvalue weighted by Crippen LogP contribution is 2.15. The van der Waals surface area contributed by atoms with Gasteiger partial charge in [0.1, 0.15) is 0 Å². The third kappa shape index (κ3) is 5.46. The Morgan fingerprint density at radius 1 is 0.684 bits per heavy atom. The van der Waals surface area contributed by atoms with Crippen molar-refractivity contribution in [3.8, 4) is 0 Å². The van der Waals surface area contributed by atoms with Crippen molar-refractivity contribution in [1.82, 2.24) is 0 Å². The van der Waals surface area contributed by atoms with Gasteiger partial charge in [-0.15, -0.1) is 0 Å². The quantitative estimate of drug-likeness (QED) is 0.721. The number of hydrogen-bond acceptors (Lipinski definition) is 3. The van der Waals surface area contributed by atoms with E-state index in [1.807, 2.05) is 18.2 Å². The molecule has 1 rings (SSSR count).